The van der Waals surface area contributed by atoms with Gasteiger partial charge in [-0.15, -0.1) is 0 Å². The van der Waals surface area contributed by atoms with Crippen molar-refractivity contribution in [3.05, 3.63) is 39.9 Å². The van der Waals surface area contributed by atoms with Gasteiger partial charge in [0.25, 0.3) is 5.69 Å². The summed E-state index contributed by atoms with van der Waals surface area (Å²) in [4.78, 5) is 10.2. The van der Waals surface area contributed by atoms with E-state index in [1.165, 1.54) is 25.0 Å². The Morgan fingerprint density at radius 1 is 1.26 bits per heavy atom. The summed E-state index contributed by atoms with van der Waals surface area (Å²) in [5.41, 5.74) is 6.84. The number of non-ortho nitro benzene ring substituents is 1. The molecule has 19 heavy (non-hydrogen) atoms. The lowest BCUT2D eigenvalue weighted by molar-refractivity contribution is -0.384. The van der Waals surface area contributed by atoms with Gasteiger partial charge in [-0.25, -0.2) is 0 Å². The Balaban J connectivity index is 1.88. The van der Waals surface area contributed by atoms with Crippen LogP contribution in [0.15, 0.2) is 24.3 Å². The van der Waals surface area contributed by atoms with Crippen molar-refractivity contribution in [2.75, 3.05) is 6.54 Å². The van der Waals surface area contributed by atoms with Gasteiger partial charge < -0.3 is 10.5 Å². The maximum atomic E-state index is 10.6. The first kappa shape index (κ1) is 14.0. The molecule has 0 bridgehead atoms. The van der Waals surface area contributed by atoms with Gasteiger partial charge in [0, 0.05) is 12.1 Å². The minimum atomic E-state index is -0.393. The van der Waals surface area contributed by atoms with Gasteiger partial charge in [-0.05, 0) is 43.0 Å². The highest BCUT2D eigenvalue weighted by molar-refractivity contribution is 5.32. The summed E-state index contributed by atoms with van der Waals surface area (Å²) in [6.07, 6.45) is 4.87. The van der Waals surface area contributed by atoms with E-state index in [-0.39, 0.29) is 11.8 Å². The molecule has 0 amide bonds. The van der Waals surface area contributed by atoms with Gasteiger partial charge in [-0.1, -0.05) is 12.8 Å². The van der Waals surface area contributed by atoms with Crippen molar-refractivity contribution in [2.24, 2.45) is 11.7 Å². The van der Waals surface area contributed by atoms with E-state index in [9.17, 15) is 10.1 Å². The third-order valence-electron chi connectivity index (χ3n) is 3.75. The Morgan fingerprint density at radius 2 is 1.95 bits per heavy atom. The molecule has 1 saturated carbocycles. The Labute approximate surface area is 112 Å². The summed E-state index contributed by atoms with van der Waals surface area (Å²) < 4.78 is 5.92. The molecule has 1 aliphatic rings. The molecule has 2 unspecified atom stereocenters. The van der Waals surface area contributed by atoms with Crippen LogP contribution in [0.4, 0.5) is 5.69 Å². The van der Waals surface area contributed by atoms with Crippen molar-refractivity contribution >= 4 is 5.69 Å². The van der Waals surface area contributed by atoms with E-state index in [1.807, 2.05) is 0 Å². The zero-order valence-electron chi connectivity index (χ0n) is 11.0. The van der Waals surface area contributed by atoms with Crippen molar-refractivity contribution in [2.45, 2.75) is 38.4 Å². The first-order valence-corrected chi connectivity index (χ1v) is 6.75. The van der Waals surface area contributed by atoms with Crippen LogP contribution < -0.4 is 5.73 Å². The second-order valence-electron chi connectivity index (χ2n) is 5.05. The van der Waals surface area contributed by atoms with Gasteiger partial charge in [0.15, 0.2) is 0 Å². The van der Waals surface area contributed by atoms with Crippen molar-refractivity contribution in [1.82, 2.24) is 0 Å². The predicted octanol–water partition coefficient (Wildman–Crippen LogP) is 2.63. The van der Waals surface area contributed by atoms with Crippen LogP contribution in [-0.2, 0) is 11.3 Å². The first-order chi connectivity index (χ1) is 9.20. The average molecular weight is 264 g/mol. The monoisotopic (exact) mass is 264 g/mol. The van der Waals surface area contributed by atoms with E-state index in [0.29, 0.717) is 19.1 Å². The van der Waals surface area contributed by atoms with Crippen molar-refractivity contribution in [3.8, 4) is 0 Å². The van der Waals surface area contributed by atoms with Crippen LogP contribution in [0.25, 0.3) is 0 Å². The zero-order valence-corrected chi connectivity index (χ0v) is 11.0. The number of nitrogens with two attached hydrogens (primary N) is 1. The molecule has 0 aromatic heterocycles. The Morgan fingerprint density at radius 3 is 2.58 bits per heavy atom. The number of hydrogen-bond donors (Lipinski definition) is 1. The van der Waals surface area contributed by atoms with Crippen LogP contribution >= 0.6 is 0 Å². The third kappa shape index (κ3) is 3.75. The Bertz CT molecular complexity index is 419. The van der Waals surface area contributed by atoms with Gasteiger partial charge >= 0.3 is 0 Å². The molecule has 1 fully saturated rings. The zero-order chi connectivity index (χ0) is 13.7. The molecule has 0 spiro atoms. The number of ether oxygens (including phenoxy) is 1. The van der Waals surface area contributed by atoms with E-state index >= 15 is 0 Å². The number of hydrogen-bond acceptors (Lipinski definition) is 4. The molecular formula is C14H20N2O3. The highest BCUT2D eigenvalue weighted by atomic mass is 16.6. The minimum absolute atomic E-state index is 0.112. The number of nitro benzene ring substituents is 1. The van der Waals surface area contributed by atoms with Gasteiger partial charge in [0.2, 0.25) is 0 Å². The summed E-state index contributed by atoms with van der Waals surface area (Å²) in [6, 6.07) is 6.52. The summed E-state index contributed by atoms with van der Waals surface area (Å²) in [5.74, 6) is 0.451. The van der Waals surface area contributed by atoms with Gasteiger partial charge in [0.1, 0.15) is 0 Å². The quantitative estimate of drug-likeness (QED) is 0.655. The lowest BCUT2D eigenvalue weighted by Gasteiger charge is -2.30. The third-order valence-corrected chi connectivity index (χ3v) is 3.75. The fourth-order valence-electron chi connectivity index (χ4n) is 2.58. The molecule has 5 heteroatoms. The molecule has 1 aromatic rings. The molecule has 2 N–H and O–H groups in total. The summed E-state index contributed by atoms with van der Waals surface area (Å²) in [5, 5.41) is 10.6. The van der Waals surface area contributed by atoms with Crippen molar-refractivity contribution in [1.29, 1.82) is 0 Å². The lowest BCUT2D eigenvalue weighted by Crippen LogP contribution is -2.33. The number of rotatable bonds is 5. The van der Waals surface area contributed by atoms with Crippen LogP contribution in [0.1, 0.15) is 31.2 Å². The van der Waals surface area contributed by atoms with Gasteiger partial charge in [-0.3, -0.25) is 10.1 Å². The predicted molar refractivity (Wildman–Crippen MR) is 72.7 cm³/mol. The molecule has 0 heterocycles. The number of nitrogens with zero attached hydrogens (tertiary/aromatic N) is 1. The largest absolute Gasteiger partial charge is 0.373 e. The van der Waals surface area contributed by atoms with Gasteiger partial charge in [-0.2, -0.15) is 0 Å². The lowest BCUT2D eigenvalue weighted by atomic mass is 9.86. The number of nitro groups is 1. The highest BCUT2D eigenvalue weighted by Crippen LogP contribution is 2.27. The van der Waals surface area contributed by atoms with Gasteiger partial charge in [0.05, 0.1) is 17.6 Å². The fourth-order valence-corrected chi connectivity index (χ4v) is 2.58. The van der Waals surface area contributed by atoms with Crippen molar-refractivity contribution < 1.29 is 9.66 Å². The van der Waals surface area contributed by atoms with Crippen LogP contribution in [0.2, 0.25) is 0 Å². The summed E-state index contributed by atoms with van der Waals surface area (Å²) in [6.45, 7) is 1.17. The molecule has 104 valence electrons. The van der Waals surface area contributed by atoms with Crippen LogP contribution in [-0.4, -0.2) is 17.6 Å². The smallest absolute Gasteiger partial charge is 0.269 e. The Kier molecular flexibility index (Phi) is 4.87. The fraction of sp³-hybridized carbons (Fsp3) is 0.571. The SMILES string of the molecule is NCC1CCCCC1OCc1ccc([N+](=O)[O-])cc1. The molecule has 5 nitrogen and oxygen atoms in total. The maximum Gasteiger partial charge on any atom is 0.269 e. The topological polar surface area (TPSA) is 78.4 Å². The van der Waals surface area contributed by atoms with Crippen LogP contribution in [0.3, 0.4) is 0 Å². The maximum absolute atomic E-state index is 10.6. The molecule has 0 aliphatic heterocycles. The normalized spacial score (nSPS) is 23.2. The summed E-state index contributed by atoms with van der Waals surface area (Å²) >= 11 is 0. The van der Waals surface area contributed by atoms with E-state index in [2.05, 4.69) is 0 Å². The Hall–Kier alpha value is -1.46. The highest BCUT2D eigenvalue weighted by Gasteiger charge is 2.24. The molecule has 0 saturated heterocycles. The number of benzene rings is 1. The second-order valence-corrected chi connectivity index (χ2v) is 5.05. The summed E-state index contributed by atoms with van der Waals surface area (Å²) in [7, 11) is 0. The van der Waals surface area contributed by atoms with E-state index < -0.39 is 4.92 Å². The molecular weight excluding hydrogens is 244 g/mol. The standard InChI is InChI=1S/C14H20N2O3/c15-9-12-3-1-2-4-14(12)19-10-11-5-7-13(8-6-11)16(17)18/h5-8,12,14H,1-4,9-10,15H2. The average Bonchev–Trinajstić information content (AvgIpc) is 2.45. The van der Waals surface area contributed by atoms with Crippen LogP contribution in [0.5, 0.6) is 0 Å². The van der Waals surface area contributed by atoms with Crippen molar-refractivity contribution in [3.63, 3.8) is 0 Å². The molecule has 0 radical (unpaired) electrons. The minimum Gasteiger partial charge on any atom is -0.373 e. The van der Waals surface area contributed by atoms with E-state index in [4.69, 9.17) is 10.5 Å². The van der Waals surface area contributed by atoms with E-state index in [0.717, 1.165) is 18.4 Å². The van der Waals surface area contributed by atoms with E-state index in [1.54, 1.807) is 12.1 Å². The molecule has 1 aromatic carbocycles. The molecule has 1 aliphatic carbocycles. The molecule has 2 atom stereocenters. The molecule has 2 rings (SSSR count). The van der Waals surface area contributed by atoms with Crippen LogP contribution in [0, 0.1) is 16.0 Å². The second kappa shape index (κ2) is 6.63. The first-order valence-electron chi connectivity index (χ1n) is 6.75.